The zero-order valence-corrected chi connectivity index (χ0v) is 12.5. The summed E-state index contributed by atoms with van der Waals surface area (Å²) >= 11 is 0. The minimum absolute atomic E-state index is 0.163. The molecule has 1 rings (SSSR count). The van der Waals surface area contributed by atoms with Gasteiger partial charge in [-0.05, 0) is 51.4 Å². The van der Waals surface area contributed by atoms with Crippen LogP contribution in [0.5, 0.6) is 0 Å². The highest BCUT2D eigenvalue weighted by Gasteiger charge is 2.30. The first-order valence-corrected chi connectivity index (χ1v) is 7.51. The second-order valence-electron chi connectivity index (χ2n) is 6.34. The van der Waals surface area contributed by atoms with E-state index >= 15 is 0 Å². The summed E-state index contributed by atoms with van der Waals surface area (Å²) in [7, 11) is 0. The predicted octanol–water partition coefficient (Wildman–Crippen LogP) is 2.71. The van der Waals surface area contributed by atoms with Crippen LogP contribution in [0, 0.1) is 11.8 Å². The van der Waals surface area contributed by atoms with Gasteiger partial charge in [-0.25, -0.2) is 0 Å². The van der Waals surface area contributed by atoms with Crippen LogP contribution in [-0.4, -0.2) is 24.5 Å². The Labute approximate surface area is 112 Å². The summed E-state index contributed by atoms with van der Waals surface area (Å²) in [6.07, 6.45) is 5.88. The van der Waals surface area contributed by atoms with E-state index in [4.69, 9.17) is 0 Å². The number of hydrogen-bond donors (Lipinski definition) is 2. The number of hydrogen-bond acceptors (Lipinski definition) is 2. The molecule has 0 bridgehead atoms. The van der Waals surface area contributed by atoms with E-state index in [-0.39, 0.29) is 11.9 Å². The van der Waals surface area contributed by atoms with Gasteiger partial charge in [0.15, 0.2) is 0 Å². The maximum atomic E-state index is 11.5. The van der Waals surface area contributed by atoms with Crippen LogP contribution in [0.4, 0.5) is 0 Å². The van der Waals surface area contributed by atoms with Crippen molar-refractivity contribution < 1.29 is 4.79 Å². The summed E-state index contributed by atoms with van der Waals surface area (Å²) in [5.41, 5.74) is 0. The number of carbonyl (C=O) groups excluding carboxylic acids is 1. The molecule has 1 fully saturated rings. The lowest BCUT2D eigenvalue weighted by Crippen LogP contribution is -2.36. The highest BCUT2D eigenvalue weighted by molar-refractivity contribution is 5.76. The summed E-state index contributed by atoms with van der Waals surface area (Å²) in [5.74, 6) is 1.81. The Morgan fingerprint density at radius 2 is 1.83 bits per heavy atom. The molecule has 1 aliphatic carbocycles. The molecule has 3 heteroatoms. The van der Waals surface area contributed by atoms with Crippen molar-refractivity contribution in [1.29, 1.82) is 0 Å². The summed E-state index contributed by atoms with van der Waals surface area (Å²) < 4.78 is 0. The third-order valence-electron chi connectivity index (χ3n) is 3.45. The standard InChI is InChI=1S/C15H30N2O/c1-11(2)5-8-14(13-6-7-13)16-10-9-15(18)17-12(3)4/h11-14,16H,5-10H2,1-4H3,(H,17,18). The van der Waals surface area contributed by atoms with Crippen molar-refractivity contribution in [2.45, 2.75) is 71.9 Å². The van der Waals surface area contributed by atoms with Crippen LogP contribution in [-0.2, 0) is 4.79 Å². The molecule has 1 amide bonds. The van der Waals surface area contributed by atoms with E-state index in [0.717, 1.165) is 18.4 Å². The second-order valence-corrected chi connectivity index (χ2v) is 6.34. The van der Waals surface area contributed by atoms with Gasteiger partial charge < -0.3 is 10.6 Å². The van der Waals surface area contributed by atoms with Gasteiger partial charge in [0.25, 0.3) is 0 Å². The van der Waals surface area contributed by atoms with Gasteiger partial charge in [-0.2, -0.15) is 0 Å². The summed E-state index contributed by atoms with van der Waals surface area (Å²) in [6.45, 7) is 9.37. The molecule has 106 valence electrons. The quantitative estimate of drug-likeness (QED) is 0.664. The topological polar surface area (TPSA) is 41.1 Å². The van der Waals surface area contributed by atoms with Gasteiger partial charge in [0.1, 0.15) is 0 Å². The van der Waals surface area contributed by atoms with E-state index in [2.05, 4.69) is 24.5 Å². The molecule has 0 heterocycles. The van der Waals surface area contributed by atoms with Crippen LogP contribution in [0.25, 0.3) is 0 Å². The Bertz CT molecular complexity index is 247. The second kappa shape index (κ2) is 7.78. The molecule has 0 radical (unpaired) electrons. The van der Waals surface area contributed by atoms with Gasteiger partial charge in [-0.15, -0.1) is 0 Å². The van der Waals surface area contributed by atoms with Crippen LogP contribution < -0.4 is 10.6 Å². The van der Waals surface area contributed by atoms with E-state index in [1.807, 2.05) is 13.8 Å². The molecule has 18 heavy (non-hydrogen) atoms. The molecular formula is C15H30N2O. The van der Waals surface area contributed by atoms with Crippen molar-refractivity contribution in [3.63, 3.8) is 0 Å². The molecule has 0 spiro atoms. The highest BCUT2D eigenvalue weighted by atomic mass is 16.1. The molecule has 0 aromatic heterocycles. The lowest BCUT2D eigenvalue weighted by Gasteiger charge is -2.19. The van der Waals surface area contributed by atoms with Crippen LogP contribution >= 0.6 is 0 Å². The third-order valence-corrected chi connectivity index (χ3v) is 3.45. The van der Waals surface area contributed by atoms with Crippen molar-refractivity contribution in [2.24, 2.45) is 11.8 Å². The average molecular weight is 254 g/mol. The zero-order valence-electron chi connectivity index (χ0n) is 12.5. The SMILES string of the molecule is CC(C)CCC(NCCC(=O)NC(C)C)C1CC1. The van der Waals surface area contributed by atoms with E-state index < -0.39 is 0 Å². The van der Waals surface area contributed by atoms with Crippen LogP contribution in [0.3, 0.4) is 0 Å². The van der Waals surface area contributed by atoms with Gasteiger partial charge in [0.05, 0.1) is 0 Å². The smallest absolute Gasteiger partial charge is 0.221 e. The fraction of sp³-hybridized carbons (Fsp3) is 0.933. The molecule has 0 aromatic rings. The highest BCUT2D eigenvalue weighted by Crippen LogP contribution is 2.34. The molecule has 1 atom stereocenters. The third kappa shape index (κ3) is 7.00. The van der Waals surface area contributed by atoms with E-state index in [0.29, 0.717) is 12.5 Å². The molecule has 0 saturated heterocycles. The normalized spacial score (nSPS) is 17.2. The largest absolute Gasteiger partial charge is 0.354 e. The Hall–Kier alpha value is -0.570. The maximum absolute atomic E-state index is 11.5. The summed E-state index contributed by atoms with van der Waals surface area (Å²) in [6, 6.07) is 0.886. The van der Waals surface area contributed by atoms with Gasteiger partial charge in [0, 0.05) is 25.0 Å². The first kappa shape index (κ1) is 15.5. The van der Waals surface area contributed by atoms with E-state index in [1.54, 1.807) is 0 Å². The zero-order chi connectivity index (χ0) is 13.5. The minimum atomic E-state index is 0.163. The van der Waals surface area contributed by atoms with Gasteiger partial charge in [-0.3, -0.25) is 4.79 Å². The van der Waals surface area contributed by atoms with Crippen molar-refractivity contribution in [2.75, 3.05) is 6.54 Å². The van der Waals surface area contributed by atoms with E-state index in [1.165, 1.54) is 25.7 Å². The Balaban J connectivity index is 2.15. The fourth-order valence-electron chi connectivity index (χ4n) is 2.28. The Morgan fingerprint density at radius 1 is 1.17 bits per heavy atom. The first-order chi connectivity index (χ1) is 8.49. The summed E-state index contributed by atoms with van der Waals surface area (Å²) in [5, 5.41) is 6.51. The molecule has 1 saturated carbocycles. The van der Waals surface area contributed by atoms with Crippen LogP contribution in [0.1, 0.15) is 59.8 Å². The molecule has 1 aliphatic rings. The maximum Gasteiger partial charge on any atom is 0.221 e. The first-order valence-electron chi connectivity index (χ1n) is 7.51. The Morgan fingerprint density at radius 3 is 2.33 bits per heavy atom. The number of rotatable bonds is 9. The van der Waals surface area contributed by atoms with Crippen molar-refractivity contribution in [3.8, 4) is 0 Å². The van der Waals surface area contributed by atoms with Crippen molar-refractivity contribution in [3.05, 3.63) is 0 Å². The number of nitrogens with one attached hydrogen (secondary N) is 2. The molecule has 2 N–H and O–H groups in total. The fourth-order valence-corrected chi connectivity index (χ4v) is 2.28. The number of amides is 1. The predicted molar refractivity (Wildman–Crippen MR) is 76.5 cm³/mol. The lowest BCUT2D eigenvalue weighted by atomic mass is 10.0. The molecule has 0 aromatic carbocycles. The van der Waals surface area contributed by atoms with Gasteiger partial charge in [0.2, 0.25) is 5.91 Å². The van der Waals surface area contributed by atoms with Gasteiger partial charge >= 0.3 is 0 Å². The summed E-state index contributed by atoms with van der Waals surface area (Å²) in [4.78, 5) is 11.5. The molecule has 1 unspecified atom stereocenters. The number of carbonyl (C=O) groups is 1. The molecular weight excluding hydrogens is 224 g/mol. The van der Waals surface area contributed by atoms with Crippen LogP contribution in [0.15, 0.2) is 0 Å². The monoisotopic (exact) mass is 254 g/mol. The van der Waals surface area contributed by atoms with Crippen LogP contribution in [0.2, 0.25) is 0 Å². The van der Waals surface area contributed by atoms with Crippen molar-refractivity contribution in [1.82, 2.24) is 10.6 Å². The Kier molecular flexibility index (Phi) is 6.69. The average Bonchev–Trinajstić information content (AvgIpc) is 3.05. The molecule has 3 nitrogen and oxygen atoms in total. The minimum Gasteiger partial charge on any atom is -0.354 e. The molecule has 0 aliphatic heterocycles. The van der Waals surface area contributed by atoms with Crippen molar-refractivity contribution >= 4 is 5.91 Å². The lowest BCUT2D eigenvalue weighted by molar-refractivity contribution is -0.121. The van der Waals surface area contributed by atoms with E-state index in [9.17, 15) is 4.79 Å². The van der Waals surface area contributed by atoms with Gasteiger partial charge in [-0.1, -0.05) is 13.8 Å².